The van der Waals surface area contributed by atoms with E-state index in [9.17, 15) is 0 Å². The van der Waals surface area contributed by atoms with Crippen molar-refractivity contribution in [1.82, 2.24) is 15.3 Å². The van der Waals surface area contributed by atoms with Gasteiger partial charge in [-0.25, -0.2) is 9.97 Å². The first-order chi connectivity index (χ1) is 9.74. The summed E-state index contributed by atoms with van der Waals surface area (Å²) >= 11 is 0. The zero-order chi connectivity index (χ0) is 13.9. The molecule has 0 saturated carbocycles. The first kappa shape index (κ1) is 13.3. The summed E-state index contributed by atoms with van der Waals surface area (Å²) < 4.78 is 0. The number of rotatable bonds is 3. The van der Waals surface area contributed by atoms with Crippen molar-refractivity contribution in [1.29, 1.82) is 0 Å². The normalized spacial score (nSPS) is 14.3. The standard InChI is InChI=1S/C17H21N3/c1-12(2)17-14-11-18-9-8-15(14)19-16(20-17)10-13-6-4-3-5-7-13/h3-7,12,18H,8-11H2,1-2H3. The minimum absolute atomic E-state index is 0.446. The van der Waals surface area contributed by atoms with Crippen molar-refractivity contribution in [3.05, 3.63) is 58.7 Å². The molecule has 3 rings (SSSR count). The molecule has 1 aromatic heterocycles. The van der Waals surface area contributed by atoms with Gasteiger partial charge in [-0.05, 0) is 11.5 Å². The summed E-state index contributed by atoms with van der Waals surface area (Å²) in [5.41, 5.74) is 5.06. The van der Waals surface area contributed by atoms with E-state index in [1.807, 2.05) is 6.07 Å². The molecule has 0 radical (unpaired) electrons. The van der Waals surface area contributed by atoms with Gasteiger partial charge in [0.2, 0.25) is 0 Å². The zero-order valence-electron chi connectivity index (χ0n) is 12.2. The van der Waals surface area contributed by atoms with Crippen LogP contribution >= 0.6 is 0 Å². The minimum atomic E-state index is 0.446. The van der Waals surface area contributed by atoms with Gasteiger partial charge in [-0.15, -0.1) is 0 Å². The Hall–Kier alpha value is -1.74. The summed E-state index contributed by atoms with van der Waals surface area (Å²) in [6.07, 6.45) is 1.83. The van der Waals surface area contributed by atoms with Crippen LogP contribution in [0.25, 0.3) is 0 Å². The van der Waals surface area contributed by atoms with Gasteiger partial charge in [-0.3, -0.25) is 0 Å². The predicted molar refractivity (Wildman–Crippen MR) is 80.8 cm³/mol. The average Bonchev–Trinajstić information content (AvgIpc) is 2.47. The van der Waals surface area contributed by atoms with Gasteiger partial charge in [0.1, 0.15) is 5.82 Å². The van der Waals surface area contributed by atoms with Crippen molar-refractivity contribution < 1.29 is 0 Å². The van der Waals surface area contributed by atoms with E-state index in [4.69, 9.17) is 9.97 Å². The van der Waals surface area contributed by atoms with E-state index in [2.05, 4.69) is 43.4 Å². The number of aromatic nitrogens is 2. The highest BCUT2D eigenvalue weighted by atomic mass is 15.0. The van der Waals surface area contributed by atoms with Crippen LogP contribution < -0.4 is 5.32 Å². The number of benzene rings is 1. The quantitative estimate of drug-likeness (QED) is 0.929. The van der Waals surface area contributed by atoms with Crippen LogP contribution in [0.4, 0.5) is 0 Å². The fourth-order valence-corrected chi connectivity index (χ4v) is 2.76. The van der Waals surface area contributed by atoms with Gasteiger partial charge in [0, 0.05) is 31.5 Å². The van der Waals surface area contributed by atoms with Crippen molar-refractivity contribution in [3.63, 3.8) is 0 Å². The molecule has 0 saturated heterocycles. The molecule has 0 unspecified atom stereocenters. The van der Waals surface area contributed by atoms with Crippen LogP contribution in [0.3, 0.4) is 0 Å². The Kier molecular flexibility index (Phi) is 3.79. The van der Waals surface area contributed by atoms with E-state index in [0.717, 1.165) is 31.8 Å². The van der Waals surface area contributed by atoms with Gasteiger partial charge < -0.3 is 5.32 Å². The molecule has 2 aromatic rings. The van der Waals surface area contributed by atoms with Crippen LogP contribution in [0.1, 0.15) is 48.1 Å². The molecule has 0 aliphatic carbocycles. The smallest absolute Gasteiger partial charge is 0.133 e. The van der Waals surface area contributed by atoms with Gasteiger partial charge in [0.05, 0.1) is 11.4 Å². The molecule has 3 heteroatoms. The van der Waals surface area contributed by atoms with Crippen LogP contribution in [-0.4, -0.2) is 16.5 Å². The van der Waals surface area contributed by atoms with Crippen molar-refractivity contribution in [2.24, 2.45) is 0 Å². The van der Waals surface area contributed by atoms with Crippen LogP contribution in [0.5, 0.6) is 0 Å². The molecule has 0 atom stereocenters. The van der Waals surface area contributed by atoms with Crippen LogP contribution in [-0.2, 0) is 19.4 Å². The fourth-order valence-electron chi connectivity index (χ4n) is 2.76. The van der Waals surface area contributed by atoms with Gasteiger partial charge in [0.15, 0.2) is 0 Å². The number of nitrogens with one attached hydrogen (secondary N) is 1. The molecule has 104 valence electrons. The first-order valence-corrected chi connectivity index (χ1v) is 7.37. The molecule has 1 aromatic carbocycles. The lowest BCUT2D eigenvalue weighted by molar-refractivity contribution is 0.602. The van der Waals surface area contributed by atoms with Crippen molar-refractivity contribution in [2.75, 3.05) is 6.54 Å². The lowest BCUT2D eigenvalue weighted by Gasteiger charge is -2.21. The third-order valence-electron chi connectivity index (χ3n) is 3.76. The van der Waals surface area contributed by atoms with Gasteiger partial charge in [0.25, 0.3) is 0 Å². The van der Waals surface area contributed by atoms with E-state index >= 15 is 0 Å². The van der Waals surface area contributed by atoms with Crippen molar-refractivity contribution >= 4 is 0 Å². The molecule has 20 heavy (non-hydrogen) atoms. The molecule has 0 spiro atoms. The topological polar surface area (TPSA) is 37.8 Å². The number of hydrogen-bond acceptors (Lipinski definition) is 3. The zero-order valence-corrected chi connectivity index (χ0v) is 12.2. The molecule has 3 nitrogen and oxygen atoms in total. The summed E-state index contributed by atoms with van der Waals surface area (Å²) in [5, 5.41) is 3.43. The molecule has 0 fully saturated rings. The summed E-state index contributed by atoms with van der Waals surface area (Å²) in [6, 6.07) is 10.5. The largest absolute Gasteiger partial charge is 0.312 e. The van der Waals surface area contributed by atoms with Gasteiger partial charge in [-0.1, -0.05) is 44.2 Å². The SMILES string of the molecule is CC(C)c1nc(Cc2ccccc2)nc2c1CNCC2. The molecule has 1 aliphatic heterocycles. The molecular weight excluding hydrogens is 246 g/mol. The molecule has 1 aliphatic rings. The Morgan fingerprint density at radius 3 is 2.70 bits per heavy atom. The molecule has 2 heterocycles. The lowest BCUT2D eigenvalue weighted by atomic mass is 9.98. The van der Waals surface area contributed by atoms with E-state index in [1.54, 1.807) is 0 Å². The van der Waals surface area contributed by atoms with E-state index in [1.165, 1.54) is 22.5 Å². The van der Waals surface area contributed by atoms with Crippen molar-refractivity contribution in [3.8, 4) is 0 Å². The second-order valence-electron chi connectivity index (χ2n) is 5.69. The van der Waals surface area contributed by atoms with Crippen molar-refractivity contribution in [2.45, 2.75) is 39.2 Å². The highest BCUT2D eigenvalue weighted by molar-refractivity contribution is 5.31. The lowest BCUT2D eigenvalue weighted by Crippen LogP contribution is -2.27. The summed E-state index contributed by atoms with van der Waals surface area (Å²) in [6.45, 7) is 6.35. The van der Waals surface area contributed by atoms with E-state index in [0.29, 0.717) is 5.92 Å². The summed E-state index contributed by atoms with van der Waals surface area (Å²) in [4.78, 5) is 9.63. The summed E-state index contributed by atoms with van der Waals surface area (Å²) in [7, 11) is 0. The molecule has 0 bridgehead atoms. The third kappa shape index (κ3) is 2.73. The monoisotopic (exact) mass is 267 g/mol. The fraction of sp³-hybridized carbons (Fsp3) is 0.412. The second-order valence-corrected chi connectivity index (χ2v) is 5.69. The van der Waals surface area contributed by atoms with Crippen LogP contribution in [0, 0.1) is 0 Å². The Balaban J connectivity index is 1.97. The number of hydrogen-bond donors (Lipinski definition) is 1. The predicted octanol–water partition coefficient (Wildman–Crippen LogP) is 2.84. The van der Waals surface area contributed by atoms with Gasteiger partial charge >= 0.3 is 0 Å². The minimum Gasteiger partial charge on any atom is -0.312 e. The van der Waals surface area contributed by atoms with E-state index in [-0.39, 0.29) is 0 Å². The van der Waals surface area contributed by atoms with E-state index < -0.39 is 0 Å². The second kappa shape index (κ2) is 5.71. The Morgan fingerprint density at radius 2 is 1.95 bits per heavy atom. The highest BCUT2D eigenvalue weighted by Gasteiger charge is 2.19. The molecular formula is C17H21N3. The maximum atomic E-state index is 4.83. The number of nitrogens with zero attached hydrogens (tertiary/aromatic N) is 2. The Bertz CT molecular complexity index is 591. The van der Waals surface area contributed by atoms with Crippen LogP contribution in [0.15, 0.2) is 30.3 Å². The molecule has 0 amide bonds. The highest BCUT2D eigenvalue weighted by Crippen LogP contribution is 2.23. The summed E-state index contributed by atoms with van der Waals surface area (Å²) in [5.74, 6) is 1.40. The maximum Gasteiger partial charge on any atom is 0.133 e. The Labute approximate surface area is 120 Å². The maximum absolute atomic E-state index is 4.83. The third-order valence-corrected chi connectivity index (χ3v) is 3.76. The molecule has 1 N–H and O–H groups in total. The first-order valence-electron chi connectivity index (χ1n) is 7.37. The number of fused-ring (bicyclic) bond motifs is 1. The van der Waals surface area contributed by atoms with Crippen LogP contribution in [0.2, 0.25) is 0 Å². The van der Waals surface area contributed by atoms with Gasteiger partial charge in [-0.2, -0.15) is 0 Å². The average molecular weight is 267 g/mol. The Morgan fingerprint density at radius 1 is 1.15 bits per heavy atom.